The molecule has 5 rings (SSSR count). The normalized spacial score (nSPS) is 11.4. The number of thioether (sulfide) groups is 1. The van der Waals surface area contributed by atoms with E-state index in [1.165, 1.54) is 28.7 Å². The predicted molar refractivity (Wildman–Crippen MR) is 163 cm³/mol. The van der Waals surface area contributed by atoms with Gasteiger partial charge in [0.1, 0.15) is 16.8 Å². The number of carbonyl (C=O) groups is 1. The summed E-state index contributed by atoms with van der Waals surface area (Å²) in [5, 5.41) is 15.6. The molecular weight excluding hydrogens is 537 g/mol. The first kappa shape index (κ1) is 27.1. The van der Waals surface area contributed by atoms with Crippen molar-refractivity contribution in [1.29, 1.82) is 5.26 Å². The van der Waals surface area contributed by atoms with E-state index in [-0.39, 0.29) is 5.91 Å². The minimum Gasteiger partial charge on any atom is -0.497 e. The van der Waals surface area contributed by atoms with E-state index in [9.17, 15) is 10.1 Å². The minimum absolute atomic E-state index is 0.211. The molecule has 0 radical (unpaired) electrons. The maximum atomic E-state index is 13.2. The molecule has 8 heteroatoms. The van der Waals surface area contributed by atoms with Crippen molar-refractivity contribution in [3.05, 3.63) is 101 Å². The van der Waals surface area contributed by atoms with Gasteiger partial charge in [0.2, 0.25) is 5.91 Å². The lowest BCUT2D eigenvalue weighted by Gasteiger charge is -2.15. The van der Waals surface area contributed by atoms with Crippen LogP contribution in [0.5, 0.6) is 5.75 Å². The van der Waals surface area contributed by atoms with Crippen LogP contribution in [0.25, 0.3) is 33.6 Å². The molecular formula is C32H26N4O2S2. The Labute approximate surface area is 241 Å². The van der Waals surface area contributed by atoms with Crippen LogP contribution in [-0.2, 0) is 4.79 Å². The van der Waals surface area contributed by atoms with Gasteiger partial charge in [-0.25, -0.2) is 9.97 Å². The van der Waals surface area contributed by atoms with Crippen LogP contribution in [0.15, 0.2) is 95.3 Å². The molecule has 1 unspecified atom stereocenters. The van der Waals surface area contributed by atoms with Crippen LogP contribution in [0, 0.1) is 18.3 Å². The van der Waals surface area contributed by atoms with Crippen LogP contribution in [0.4, 0.5) is 5.13 Å². The fourth-order valence-corrected chi connectivity index (χ4v) is 5.73. The van der Waals surface area contributed by atoms with E-state index in [1.807, 2.05) is 97.2 Å². The number of thiazole rings is 1. The third-order valence-corrected chi connectivity index (χ3v) is 8.15. The van der Waals surface area contributed by atoms with Gasteiger partial charge in [0.25, 0.3) is 0 Å². The summed E-state index contributed by atoms with van der Waals surface area (Å²) in [6, 6.07) is 29.7. The topological polar surface area (TPSA) is 87.9 Å². The zero-order valence-electron chi connectivity index (χ0n) is 22.2. The molecule has 0 aliphatic carbocycles. The summed E-state index contributed by atoms with van der Waals surface area (Å²) < 4.78 is 5.31. The number of ether oxygens (including phenoxy) is 1. The molecule has 1 amide bonds. The zero-order valence-corrected chi connectivity index (χ0v) is 23.8. The lowest BCUT2D eigenvalue weighted by atomic mass is 9.99. The van der Waals surface area contributed by atoms with Crippen molar-refractivity contribution in [2.75, 3.05) is 12.4 Å². The number of nitrogens with zero attached hydrogens (tertiary/aromatic N) is 3. The van der Waals surface area contributed by atoms with Gasteiger partial charge in [0.05, 0.1) is 29.3 Å². The second-order valence-corrected chi connectivity index (χ2v) is 11.3. The monoisotopic (exact) mass is 562 g/mol. The molecule has 1 atom stereocenters. The molecule has 0 bridgehead atoms. The third-order valence-electron chi connectivity index (χ3n) is 6.31. The average Bonchev–Trinajstić information content (AvgIpc) is 3.46. The number of rotatable bonds is 8. The molecule has 0 aliphatic heterocycles. The highest BCUT2D eigenvalue weighted by Crippen LogP contribution is 2.36. The number of hydrogen-bond donors (Lipinski definition) is 1. The van der Waals surface area contributed by atoms with Crippen LogP contribution >= 0.6 is 23.1 Å². The summed E-state index contributed by atoms with van der Waals surface area (Å²) in [5.41, 5.74) is 6.67. The van der Waals surface area contributed by atoms with Crippen LogP contribution < -0.4 is 10.1 Å². The van der Waals surface area contributed by atoms with Crippen molar-refractivity contribution in [3.63, 3.8) is 0 Å². The van der Waals surface area contributed by atoms with Gasteiger partial charge in [-0.3, -0.25) is 4.79 Å². The van der Waals surface area contributed by atoms with Gasteiger partial charge in [0, 0.05) is 22.1 Å². The summed E-state index contributed by atoms with van der Waals surface area (Å²) in [7, 11) is 1.62. The highest BCUT2D eigenvalue weighted by molar-refractivity contribution is 8.00. The van der Waals surface area contributed by atoms with E-state index < -0.39 is 5.25 Å². The van der Waals surface area contributed by atoms with E-state index in [0.717, 1.165) is 39.4 Å². The Kier molecular flexibility index (Phi) is 8.25. The molecule has 6 nitrogen and oxygen atoms in total. The fraction of sp³-hybridized carbons (Fsp3) is 0.125. The third kappa shape index (κ3) is 6.07. The zero-order chi connectivity index (χ0) is 28.1. The van der Waals surface area contributed by atoms with E-state index in [2.05, 4.69) is 16.4 Å². The Bertz CT molecular complexity index is 1680. The number of anilines is 1. The van der Waals surface area contributed by atoms with E-state index in [0.29, 0.717) is 15.7 Å². The molecule has 0 fully saturated rings. The van der Waals surface area contributed by atoms with Crippen molar-refractivity contribution in [3.8, 4) is 45.5 Å². The van der Waals surface area contributed by atoms with Crippen LogP contribution in [-0.4, -0.2) is 28.2 Å². The first-order valence-electron chi connectivity index (χ1n) is 12.6. The van der Waals surface area contributed by atoms with Gasteiger partial charge in [-0.15, -0.1) is 11.3 Å². The number of amides is 1. The largest absolute Gasteiger partial charge is 0.497 e. The van der Waals surface area contributed by atoms with Gasteiger partial charge in [-0.2, -0.15) is 5.26 Å². The highest BCUT2D eigenvalue weighted by atomic mass is 32.2. The quantitative estimate of drug-likeness (QED) is 0.194. The van der Waals surface area contributed by atoms with E-state index >= 15 is 0 Å². The summed E-state index contributed by atoms with van der Waals surface area (Å²) in [6.07, 6.45) is 0. The van der Waals surface area contributed by atoms with Crippen molar-refractivity contribution in [2.24, 2.45) is 0 Å². The Morgan fingerprint density at radius 3 is 2.30 bits per heavy atom. The summed E-state index contributed by atoms with van der Waals surface area (Å²) in [6.45, 7) is 3.84. The molecule has 198 valence electrons. The molecule has 5 aromatic rings. The molecule has 40 heavy (non-hydrogen) atoms. The maximum Gasteiger partial charge on any atom is 0.239 e. The van der Waals surface area contributed by atoms with Crippen LogP contribution in [0.1, 0.15) is 18.1 Å². The van der Waals surface area contributed by atoms with Gasteiger partial charge >= 0.3 is 0 Å². The molecule has 0 saturated carbocycles. The van der Waals surface area contributed by atoms with Gasteiger partial charge in [-0.1, -0.05) is 84.1 Å². The van der Waals surface area contributed by atoms with E-state index in [1.54, 1.807) is 14.0 Å². The minimum atomic E-state index is -0.527. The summed E-state index contributed by atoms with van der Waals surface area (Å²) in [4.78, 5) is 22.6. The number of methoxy groups -OCH3 is 1. The van der Waals surface area contributed by atoms with E-state index in [4.69, 9.17) is 9.72 Å². The smallest absolute Gasteiger partial charge is 0.239 e. The predicted octanol–water partition coefficient (Wildman–Crippen LogP) is 7.85. The summed E-state index contributed by atoms with van der Waals surface area (Å²) >= 11 is 2.64. The lowest BCUT2D eigenvalue weighted by Crippen LogP contribution is -2.22. The number of hydrogen-bond acceptors (Lipinski definition) is 7. The lowest BCUT2D eigenvalue weighted by molar-refractivity contribution is -0.115. The molecule has 1 N–H and O–H groups in total. The molecule has 0 aliphatic rings. The second kappa shape index (κ2) is 12.2. The van der Waals surface area contributed by atoms with Gasteiger partial charge in [0.15, 0.2) is 5.13 Å². The van der Waals surface area contributed by atoms with Crippen molar-refractivity contribution < 1.29 is 9.53 Å². The first-order valence-corrected chi connectivity index (χ1v) is 14.4. The Balaban J connectivity index is 1.43. The van der Waals surface area contributed by atoms with Crippen molar-refractivity contribution in [2.45, 2.75) is 24.1 Å². The Morgan fingerprint density at radius 2 is 1.62 bits per heavy atom. The van der Waals surface area contributed by atoms with Crippen molar-refractivity contribution in [1.82, 2.24) is 9.97 Å². The highest BCUT2D eigenvalue weighted by Gasteiger charge is 2.22. The molecule has 0 spiro atoms. The number of aromatic nitrogens is 2. The van der Waals surface area contributed by atoms with Crippen LogP contribution in [0.2, 0.25) is 0 Å². The van der Waals surface area contributed by atoms with Gasteiger partial charge < -0.3 is 10.1 Å². The SMILES string of the molecule is COc1ccc(-c2cc(-c3ccccc3)nc(SC(C)C(=O)Nc3nc(-c4ccc(C)cc4)cs3)c2C#N)cc1. The number of carbonyl (C=O) groups excluding carboxylic acids is 1. The standard InChI is InChI=1S/C32H26N4O2S2/c1-20-9-11-24(12-10-20)29-19-39-32(35-29)36-30(37)21(2)40-31-27(18-33)26(22-13-15-25(38-3)16-14-22)17-28(34-31)23-7-5-4-6-8-23/h4-17,19,21H,1-3H3,(H,35,36,37). The number of pyridine rings is 1. The van der Waals surface area contributed by atoms with Gasteiger partial charge in [-0.05, 0) is 37.6 Å². The van der Waals surface area contributed by atoms with Crippen molar-refractivity contribution >= 4 is 34.1 Å². The Morgan fingerprint density at radius 1 is 0.950 bits per heavy atom. The molecule has 2 heterocycles. The number of aryl methyl sites for hydroxylation is 1. The molecule has 2 aromatic heterocycles. The fourth-order valence-electron chi connectivity index (χ4n) is 4.09. The average molecular weight is 563 g/mol. The molecule has 3 aromatic carbocycles. The molecule has 0 saturated heterocycles. The number of nitrogens with one attached hydrogen (secondary N) is 1. The number of nitriles is 1. The first-order chi connectivity index (χ1) is 19.4. The van der Waals surface area contributed by atoms with Crippen LogP contribution in [0.3, 0.4) is 0 Å². The summed E-state index contributed by atoms with van der Waals surface area (Å²) in [5.74, 6) is 0.517. The Hall–Kier alpha value is -4.45. The second-order valence-electron chi connectivity index (χ2n) is 9.09. The number of benzene rings is 3. The maximum absolute atomic E-state index is 13.2.